The van der Waals surface area contributed by atoms with Gasteiger partial charge in [-0.1, -0.05) is 17.7 Å². The van der Waals surface area contributed by atoms with E-state index in [2.05, 4.69) is 32.2 Å². The first kappa shape index (κ1) is 9.77. The summed E-state index contributed by atoms with van der Waals surface area (Å²) >= 11 is 0. The highest BCUT2D eigenvalue weighted by molar-refractivity contribution is 5.73. The molecule has 2 N–H and O–H groups in total. The second kappa shape index (κ2) is 3.86. The number of hydrogen-bond donors (Lipinski definition) is 2. The number of benzene rings is 1. The lowest BCUT2D eigenvalue weighted by Gasteiger charge is -2.02. The van der Waals surface area contributed by atoms with Crippen molar-refractivity contribution in [1.82, 2.24) is 19.9 Å². The van der Waals surface area contributed by atoms with Crippen LogP contribution in [-0.2, 0) is 0 Å². The van der Waals surface area contributed by atoms with Crippen molar-refractivity contribution in [2.24, 2.45) is 0 Å². The second-order valence-electron chi connectivity index (χ2n) is 3.84. The van der Waals surface area contributed by atoms with Gasteiger partial charge in [0.25, 0.3) is 0 Å². The maximum atomic E-state index is 4.31. The Kier molecular flexibility index (Phi) is 2.22. The van der Waals surface area contributed by atoms with Gasteiger partial charge in [-0.15, -0.1) is 0 Å². The summed E-state index contributed by atoms with van der Waals surface area (Å²) in [5.74, 6) is 0.671. The van der Waals surface area contributed by atoms with Crippen molar-refractivity contribution in [2.45, 2.75) is 6.92 Å². The maximum absolute atomic E-state index is 4.31. The molecule has 3 aromatic rings. The van der Waals surface area contributed by atoms with E-state index in [1.54, 1.807) is 6.20 Å². The molecule has 0 amide bonds. The quantitative estimate of drug-likeness (QED) is 0.702. The Labute approximate surface area is 98.0 Å². The molecule has 0 atom stereocenters. The maximum Gasteiger partial charge on any atom is 0.207 e. The summed E-state index contributed by atoms with van der Waals surface area (Å²) < 4.78 is 0. The van der Waals surface area contributed by atoms with Crippen molar-refractivity contribution in [2.75, 3.05) is 5.32 Å². The predicted octanol–water partition coefficient (Wildman–Crippen LogP) is 2.40. The molecule has 0 aliphatic heterocycles. The number of nitrogens with one attached hydrogen (secondary N) is 2. The number of imidazole rings is 1. The Balaban J connectivity index is 1.92. The van der Waals surface area contributed by atoms with Crippen LogP contribution in [0.5, 0.6) is 0 Å². The highest BCUT2D eigenvalue weighted by atomic mass is 15.1. The second-order valence-corrected chi connectivity index (χ2v) is 3.84. The van der Waals surface area contributed by atoms with E-state index in [0.29, 0.717) is 11.6 Å². The van der Waals surface area contributed by atoms with Crippen LogP contribution in [0.1, 0.15) is 5.56 Å². The van der Waals surface area contributed by atoms with Crippen LogP contribution in [0, 0.1) is 6.92 Å². The van der Waals surface area contributed by atoms with Crippen molar-refractivity contribution in [3.05, 3.63) is 42.4 Å². The van der Waals surface area contributed by atoms with Gasteiger partial charge in [0.05, 0.1) is 6.20 Å². The molecule has 5 nitrogen and oxygen atoms in total. The molecule has 0 bridgehead atoms. The SMILES string of the molecule is Cc1ccc(Nc2nc3ncncc3[nH]2)cc1. The Morgan fingerprint density at radius 3 is 2.76 bits per heavy atom. The first-order valence-electron chi connectivity index (χ1n) is 5.31. The molecule has 0 radical (unpaired) electrons. The Bertz CT molecular complexity index is 608. The molecule has 84 valence electrons. The molecule has 3 rings (SSSR count). The molecule has 17 heavy (non-hydrogen) atoms. The molecular weight excluding hydrogens is 214 g/mol. The van der Waals surface area contributed by atoms with Crippen molar-refractivity contribution in [1.29, 1.82) is 0 Å². The number of aryl methyl sites for hydroxylation is 1. The summed E-state index contributed by atoms with van der Waals surface area (Å²) in [6, 6.07) is 8.11. The molecule has 2 aromatic heterocycles. The number of aromatic nitrogens is 4. The van der Waals surface area contributed by atoms with Gasteiger partial charge in [-0.25, -0.2) is 9.97 Å². The van der Waals surface area contributed by atoms with Gasteiger partial charge >= 0.3 is 0 Å². The zero-order valence-electron chi connectivity index (χ0n) is 9.31. The van der Waals surface area contributed by atoms with Crippen LogP contribution in [0.25, 0.3) is 11.2 Å². The Morgan fingerprint density at radius 2 is 2.00 bits per heavy atom. The molecule has 1 aromatic carbocycles. The van der Waals surface area contributed by atoms with Crippen molar-refractivity contribution >= 4 is 22.8 Å². The van der Waals surface area contributed by atoms with Gasteiger partial charge in [-0.3, -0.25) is 0 Å². The summed E-state index contributed by atoms with van der Waals surface area (Å²) in [5, 5.41) is 3.19. The highest BCUT2D eigenvalue weighted by Crippen LogP contribution is 2.16. The number of rotatable bonds is 2. The van der Waals surface area contributed by atoms with E-state index in [1.807, 2.05) is 24.3 Å². The summed E-state index contributed by atoms with van der Waals surface area (Å²) in [6.45, 7) is 2.06. The Hall–Kier alpha value is -2.43. The van der Waals surface area contributed by atoms with E-state index in [-0.39, 0.29) is 0 Å². The molecule has 0 spiro atoms. The average molecular weight is 225 g/mol. The lowest BCUT2D eigenvalue weighted by Crippen LogP contribution is -1.91. The number of aromatic amines is 1. The Morgan fingerprint density at radius 1 is 1.18 bits per heavy atom. The lowest BCUT2D eigenvalue weighted by molar-refractivity contribution is 1.20. The minimum absolute atomic E-state index is 0.662. The first-order valence-corrected chi connectivity index (χ1v) is 5.31. The van der Waals surface area contributed by atoms with Gasteiger partial charge in [0.1, 0.15) is 11.8 Å². The zero-order valence-corrected chi connectivity index (χ0v) is 9.31. The third-order valence-electron chi connectivity index (χ3n) is 2.48. The molecule has 0 saturated carbocycles. The number of anilines is 2. The van der Waals surface area contributed by atoms with Crippen molar-refractivity contribution in [3.8, 4) is 0 Å². The third-order valence-corrected chi connectivity index (χ3v) is 2.48. The smallest absolute Gasteiger partial charge is 0.207 e. The van der Waals surface area contributed by atoms with Crippen LogP contribution in [0.2, 0.25) is 0 Å². The molecule has 5 heteroatoms. The van der Waals surface area contributed by atoms with Crippen LogP contribution in [0.4, 0.5) is 11.6 Å². The number of H-pyrrole nitrogens is 1. The van der Waals surface area contributed by atoms with Crippen molar-refractivity contribution in [3.63, 3.8) is 0 Å². The van der Waals surface area contributed by atoms with Gasteiger partial charge in [-0.05, 0) is 19.1 Å². The molecule has 0 unspecified atom stereocenters. The van der Waals surface area contributed by atoms with E-state index in [4.69, 9.17) is 0 Å². The van der Waals surface area contributed by atoms with E-state index >= 15 is 0 Å². The van der Waals surface area contributed by atoms with Gasteiger partial charge in [-0.2, -0.15) is 4.98 Å². The first-order chi connectivity index (χ1) is 8.31. The zero-order chi connectivity index (χ0) is 11.7. The number of hydrogen-bond acceptors (Lipinski definition) is 4. The predicted molar refractivity (Wildman–Crippen MR) is 66.1 cm³/mol. The van der Waals surface area contributed by atoms with E-state index < -0.39 is 0 Å². The minimum Gasteiger partial charge on any atom is -0.326 e. The standard InChI is InChI=1S/C12H11N5/c1-8-2-4-9(5-3-8)15-12-16-10-6-13-7-14-11(10)17-12/h2-7H,1H3,(H2,13,14,15,16,17). The van der Waals surface area contributed by atoms with E-state index in [9.17, 15) is 0 Å². The minimum atomic E-state index is 0.662. The molecule has 0 saturated heterocycles. The molecule has 0 fully saturated rings. The fourth-order valence-electron chi connectivity index (χ4n) is 1.59. The fourth-order valence-corrected chi connectivity index (χ4v) is 1.59. The summed E-state index contributed by atoms with van der Waals surface area (Å²) in [4.78, 5) is 15.4. The van der Waals surface area contributed by atoms with Crippen LogP contribution >= 0.6 is 0 Å². The summed E-state index contributed by atoms with van der Waals surface area (Å²) in [6.07, 6.45) is 3.19. The van der Waals surface area contributed by atoms with E-state index in [0.717, 1.165) is 11.2 Å². The van der Waals surface area contributed by atoms with E-state index in [1.165, 1.54) is 11.9 Å². The average Bonchev–Trinajstić information content (AvgIpc) is 2.74. The van der Waals surface area contributed by atoms with Crippen LogP contribution in [0.3, 0.4) is 0 Å². The largest absolute Gasteiger partial charge is 0.326 e. The molecular formula is C12H11N5. The monoisotopic (exact) mass is 225 g/mol. The third kappa shape index (κ3) is 1.94. The summed E-state index contributed by atoms with van der Waals surface area (Å²) in [7, 11) is 0. The van der Waals surface area contributed by atoms with Gasteiger partial charge in [0.15, 0.2) is 5.65 Å². The highest BCUT2D eigenvalue weighted by Gasteiger charge is 2.03. The molecule has 0 aliphatic rings. The van der Waals surface area contributed by atoms with Crippen LogP contribution in [-0.4, -0.2) is 19.9 Å². The lowest BCUT2D eigenvalue weighted by atomic mass is 10.2. The van der Waals surface area contributed by atoms with Gasteiger partial charge in [0.2, 0.25) is 5.95 Å². The van der Waals surface area contributed by atoms with Gasteiger partial charge in [0, 0.05) is 5.69 Å². The molecule has 0 aliphatic carbocycles. The fraction of sp³-hybridized carbons (Fsp3) is 0.0833. The topological polar surface area (TPSA) is 66.5 Å². The van der Waals surface area contributed by atoms with Crippen LogP contribution in [0.15, 0.2) is 36.8 Å². The number of fused-ring (bicyclic) bond motifs is 1. The van der Waals surface area contributed by atoms with Crippen molar-refractivity contribution < 1.29 is 0 Å². The van der Waals surface area contributed by atoms with Gasteiger partial charge < -0.3 is 10.3 Å². The van der Waals surface area contributed by atoms with Crippen LogP contribution < -0.4 is 5.32 Å². The molecule has 2 heterocycles. The summed E-state index contributed by atoms with van der Waals surface area (Å²) in [5.41, 5.74) is 3.70. The normalized spacial score (nSPS) is 10.6. The number of nitrogens with zero attached hydrogens (tertiary/aromatic N) is 3.